The lowest BCUT2D eigenvalue weighted by atomic mass is 9.81. The van der Waals surface area contributed by atoms with E-state index in [0.717, 1.165) is 34.0 Å². The van der Waals surface area contributed by atoms with Crippen LogP contribution in [0.3, 0.4) is 0 Å². The molecule has 3 nitrogen and oxygen atoms in total. The highest BCUT2D eigenvalue weighted by molar-refractivity contribution is 7.26. The van der Waals surface area contributed by atoms with Crippen LogP contribution in [-0.2, 0) is 5.41 Å². The molecule has 0 bridgehead atoms. The summed E-state index contributed by atoms with van der Waals surface area (Å²) in [5.41, 5.74) is 11.1. The number of aromatic nitrogens is 3. The van der Waals surface area contributed by atoms with Crippen molar-refractivity contribution in [3.63, 3.8) is 0 Å². The monoisotopic (exact) mass is 619 g/mol. The zero-order valence-corrected chi connectivity index (χ0v) is 26.8. The van der Waals surface area contributed by atoms with Gasteiger partial charge in [-0.15, -0.1) is 11.3 Å². The van der Waals surface area contributed by atoms with E-state index in [1.165, 1.54) is 58.7 Å². The van der Waals surface area contributed by atoms with Gasteiger partial charge in [0, 0.05) is 64.3 Å². The van der Waals surface area contributed by atoms with Crippen LogP contribution in [0.25, 0.3) is 81.6 Å². The second kappa shape index (κ2) is 9.71. The molecule has 0 atom stereocenters. The predicted octanol–water partition coefficient (Wildman–Crippen LogP) is 11.6. The van der Waals surface area contributed by atoms with Crippen molar-refractivity contribution in [2.24, 2.45) is 0 Å². The van der Waals surface area contributed by atoms with Gasteiger partial charge in [-0.2, -0.15) is 0 Å². The molecule has 0 unspecified atom stereocenters. The number of fused-ring (bicyclic) bond motifs is 10. The van der Waals surface area contributed by atoms with E-state index in [2.05, 4.69) is 158 Å². The minimum Gasteiger partial charge on any atom is -0.309 e. The summed E-state index contributed by atoms with van der Waals surface area (Å²) in [6.07, 6.45) is 0. The van der Waals surface area contributed by atoms with E-state index in [-0.39, 0.29) is 5.41 Å². The van der Waals surface area contributed by atoms with Gasteiger partial charge in [-0.3, -0.25) is 0 Å². The van der Waals surface area contributed by atoms with Crippen molar-refractivity contribution in [3.05, 3.63) is 151 Å². The Bertz CT molecular complexity index is 2710. The zero-order valence-electron chi connectivity index (χ0n) is 26.0. The second-order valence-electron chi connectivity index (χ2n) is 13.0. The molecule has 0 radical (unpaired) electrons. The molecule has 0 N–H and O–H groups in total. The van der Waals surface area contributed by atoms with Crippen LogP contribution in [0.5, 0.6) is 0 Å². The van der Waals surface area contributed by atoms with Crippen molar-refractivity contribution < 1.29 is 0 Å². The van der Waals surface area contributed by atoms with E-state index in [1.54, 1.807) is 0 Å². The van der Waals surface area contributed by atoms with Crippen LogP contribution in [0.15, 0.2) is 140 Å². The normalized spacial score (nSPS) is 13.5. The number of rotatable bonds is 3. The van der Waals surface area contributed by atoms with Crippen LogP contribution in [0.2, 0.25) is 0 Å². The first-order chi connectivity index (χ1) is 23.1. The molecule has 0 saturated heterocycles. The van der Waals surface area contributed by atoms with E-state index in [1.807, 2.05) is 11.3 Å². The van der Waals surface area contributed by atoms with Crippen molar-refractivity contribution in [1.82, 2.24) is 14.5 Å². The number of thiophene rings is 1. The number of para-hydroxylation sites is 1. The third-order valence-electron chi connectivity index (χ3n) is 9.98. The molecule has 47 heavy (non-hydrogen) atoms. The predicted molar refractivity (Wildman–Crippen MR) is 198 cm³/mol. The smallest absolute Gasteiger partial charge is 0.160 e. The van der Waals surface area contributed by atoms with Gasteiger partial charge in [-0.25, -0.2) is 9.97 Å². The van der Waals surface area contributed by atoms with Crippen molar-refractivity contribution in [1.29, 1.82) is 0 Å². The van der Waals surface area contributed by atoms with Crippen molar-refractivity contribution in [2.45, 2.75) is 19.3 Å². The molecule has 0 saturated carbocycles. The Morgan fingerprint density at radius 3 is 2.17 bits per heavy atom. The van der Waals surface area contributed by atoms with Crippen LogP contribution in [-0.4, -0.2) is 14.5 Å². The van der Waals surface area contributed by atoms with Gasteiger partial charge in [0.1, 0.15) is 0 Å². The van der Waals surface area contributed by atoms with E-state index < -0.39 is 0 Å². The summed E-state index contributed by atoms with van der Waals surface area (Å²) in [4.78, 5) is 10.7. The van der Waals surface area contributed by atoms with Crippen molar-refractivity contribution in [3.8, 4) is 39.6 Å². The van der Waals surface area contributed by atoms with Crippen LogP contribution >= 0.6 is 11.3 Å². The minimum absolute atomic E-state index is 0.211. The molecule has 1 aliphatic carbocycles. The molecule has 1 aliphatic rings. The Balaban J connectivity index is 1.23. The van der Waals surface area contributed by atoms with Crippen molar-refractivity contribution in [2.75, 3.05) is 0 Å². The molecule has 6 aromatic carbocycles. The first-order valence-corrected chi connectivity index (χ1v) is 16.9. The Kier molecular flexibility index (Phi) is 5.50. The van der Waals surface area contributed by atoms with Gasteiger partial charge >= 0.3 is 0 Å². The van der Waals surface area contributed by atoms with Gasteiger partial charge in [-0.1, -0.05) is 117 Å². The summed E-state index contributed by atoms with van der Waals surface area (Å²) < 4.78 is 5.05. The lowest BCUT2D eigenvalue weighted by molar-refractivity contribution is 0.658. The van der Waals surface area contributed by atoms with Gasteiger partial charge in [0.2, 0.25) is 0 Å². The Morgan fingerprint density at radius 1 is 0.553 bits per heavy atom. The molecular formula is C43H29N3S. The number of hydrogen-bond donors (Lipinski definition) is 0. The van der Waals surface area contributed by atoms with Gasteiger partial charge in [0.25, 0.3) is 0 Å². The highest BCUT2D eigenvalue weighted by atomic mass is 32.1. The van der Waals surface area contributed by atoms with Crippen LogP contribution in [0.4, 0.5) is 0 Å². The highest BCUT2D eigenvalue weighted by Crippen LogP contribution is 2.51. The summed E-state index contributed by atoms with van der Waals surface area (Å²) in [7, 11) is 0. The first kappa shape index (κ1) is 26.6. The van der Waals surface area contributed by atoms with Gasteiger partial charge in [0.05, 0.1) is 22.4 Å². The van der Waals surface area contributed by atoms with Crippen molar-refractivity contribution >= 4 is 53.3 Å². The van der Waals surface area contributed by atoms with Crippen LogP contribution < -0.4 is 0 Å². The van der Waals surface area contributed by atoms with Gasteiger partial charge in [-0.05, 0) is 42.0 Å². The lowest BCUT2D eigenvalue weighted by Gasteiger charge is -2.23. The highest BCUT2D eigenvalue weighted by Gasteiger charge is 2.40. The summed E-state index contributed by atoms with van der Waals surface area (Å²) in [5.74, 6) is 0.740. The minimum atomic E-state index is -0.211. The molecule has 10 rings (SSSR count). The Labute approximate surface area is 276 Å². The third-order valence-corrected chi connectivity index (χ3v) is 11.1. The Morgan fingerprint density at radius 2 is 1.28 bits per heavy atom. The van der Waals surface area contributed by atoms with Gasteiger partial charge in [0.15, 0.2) is 5.82 Å². The molecule has 3 heterocycles. The Hall–Kier alpha value is -5.58. The summed E-state index contributed by atoms with van der Waals surface area (Å²) in [6, 6.07) is 50.1. The average molecular weight is 620 g/mol. The third kappa shape index (κ3) is 3.73. The largest absolute Gasteiger partial charge is 0.309 e. The fourth-order valence-corrected chi connectivity index (χ4v) is 9.00. The zero-order chi connectivity index (χ0) is 31.3. The standard InChI is InChI=1S/C43H29N3S/c1-43(2)32-20-9-6-17-29(32)41-39(43)40(26-13-4-3-5-14-26)44-42(45-41)27-15-12-16-28(25-27)46-33-21-10-7-18-30(33)37-34(46)23-24-36-38(37)31-19-8-11-22-35(31)47-36/h3-25H,1-2H3. The maximum Gasteiger partial charge on any atom is 0.160 e. The molecule has 0 aliphatic heterocycles. The topological polar surface area (TPSA) is 30.7 Å². The SMILES string of the molecule is CC1(C)c2ccccc2-c2nc(-c3cccc(-n4c5ccccc5c5c6c(ccc54)sc4ccccc46)c3)nc(-c3ccccc3)c21. The fraction of sp³-hybridized carbons (Fsp3) is 0.0698. The number of hydrogen-bond acceptors (Lipinski definition) is 3. The van der Waals surface area contributed by atoms with E-state index >= 15 is 0 Å². The first-order valence-electron chi connectivity index (χ1n) is 16.1. The van der Waals surface area contributed by atoms with E-state index in [0.29, 0.717) is 0 Å². The molecule has 222 valence electrons. The fourth-order valence-electron chi connectivity index (χ4n) is 7.89. The molecule has 0 spiro atoms. The molecular weight excluding hydrogens is 591 g/mol. The van der Waals surface area contributed by atoms with E-state index in [9.17, 15) is 0 Å². The van der Waals surface area contributed by atoms with Crippen LogP contribution in [0, 0.1) is 0 Å². The van der Waals surface area contributed by atoms with Crippen LogP contribution in [0.1, 0.15) is 25.0 Å². The number of benzene rings is 6. The number of nitrogens with zero attached hydrogens (tertiary/aromatic N) is 3. The molecule has 0 fully saturated rings. The maximum absolute atomic E-state index is 5.36. The lowest BCUT2D eigenvalue weighted by Crippen LogP contribution is -2.17. The average Bonchev–Trinajstić information content (AvgIpc) is 3.74. The maximum atomic E-state index is 5.36. The summed E-state index contributed by atoms with van der Waals surface area (Å²) >= 11 is 1.87. The molecule has 9 aromatic rings. The second-order valence-corrected chi connectivity index (χ2v) is 14.1. The summed E-state index contributed by atoms with van der Waals surface area (Å²) in [6.45, 7) is 4.59. The molecule has 4 heteroatoms. The molecule has 0 amide bonds. The summed E-state index contributed by atoms with van der Waals surface area (Å²) in [5, 5.41) is 5.23. The quantitative estimate of drug-likeness (QED) is 0.197. The molecule has 3 aromatic heterocycles. The van der Waals surface area contributed by atoms with Gasteiger partial charge < -0.3 is 4.57 Å². The van der Waals surface area contributed by atoms with E-state index in [4.69, 9.17) is 9.97 Å².